The molecule has 13 heteroatoms. The number of hydrogen-bond acceptors (Lipinski definition) is 4. The van der Waals surface area contributed by atoms with Crippen LogP contribution in [0.2, 0.25) is 5.02 Å². The first-order valence-electron chi connectivity index (χ1n) is 11.9. The Morgan fingerprint density at radius 2 is 1.48 bits per heavy atom. The normalized spacial score (nSPS) is 13.8. The number of aliphatic imine (C=N–C) groups is 1. The smallest absolute Gasteiger partial charge is 0.478 e. The zero-order valence-electron chi connectivity index (χ0n) is 20.9. The average molecular weight is 581 g/mol. The predicted octanol–water partition coefficient (Wildman–Crippen LogP) is 5.60. The zero-order valence-corrected chi connectivity index (χ0v) is 21.7. The molecule has 0 radical (unpaired) electrons. The molecule has 0 atom stereocenters. The summed E-state index contributed by atoms with van der Waals surface area (Å²) in [5, 5.41) is 20.3. The van der Waals surface area contributed by atoms with Gasteiger partial charge in [-0.05, 0) is 54.1 Å². The lowest BCUT2D eigenvalue weighted by Crippen LogP contribution is -2.50. The van der Waals surface area contributed by atoms with Crippen LogP contribution in [0.15, 0.2) is 77.8 Å². The number of alkyl halides is 3. The van der Waals surface area contributed by atoms with E-state index in [9.17, 15) is 22.4 Å². The molecule has 0 amide bonds. The van der Waals surface area contributed by atoms with Gasteiger partial charge in [-0.25, -0.2) is 19.0 Å². The summed E-state index contributed by atoms with van der Waals surface area (Å²) in [5.74, 6) is -3.33. The second-order valence-electron chi connectivity index (χ2n) is 8.50. The molecule has 3 N–H and O–H groups in total. The Morgan fingerprint density at radius 3 is 2.00 bits per heavy atom. The van der Waals surface area contributed by atoms with E-state index in [1.807, 2.05) is 24.3 Å². The number of nitrogens with zero attached hydrogens (tertiary/aromatic N) is 3. The van der Waals surface area contributed by atoms with Gasteiger partial charge in [-0.15, -0.1) is 0 Å². The fourth-order valence-corrected chi connectivity index (χ4v) is 3.92. The van der Waals surface area contributed by atoms with Crippen LogP contribution in [-0.2, 0) is 11.3 Å². The van der Waals surface area contributed by atoms with Crippen molar-refractivity contribution in [3.8, 4) is 0 Å². The van der Waals surface area contributed by atoms with E-state index in [0.29, 0.717) is 12.5 Å². The maximum Gasteiger partial charge on any atom is 0.490 e. The number of hydrogen-bond donors (Lipinski definition) is 3. The number of carboxylic acids is 2. The molecule has 1 saturated heterocycles. The van der Waals surface area contributed by atoms with Crippen molar-refractivity contribution in [2.45, 2.75) is 12.7 Å². The number of benzene rings is 3. The van der Waals surface area contributed by atoms with E-state index in [2.05, 4.69) is 15.1 Å². The van der Waals surface area contributed by atoms with Crippen molar-refractivity contribution in [2.24, 2.45) is 4.99 Å². The Balaban J connectivity index is 0.000000559. The molecule has 1 heterocycles. The van der Waals surface area contributed by atoms with E-state index >= 15 is 0 Å². The largest absolute Gasteiger partial charge is 0.490 e. The minimum Gasteiger partial charge on any atom is -0.478 e. The molecular formula is C27H25ClF4N4O4. The van der Waals surface area contributed by atoms with Crippen LogP contribution in [0.4, 0.5) is 28.9 Å². The number of halogens is 5. The van der Waals surface area contributed by atoms with Gasteiger partial charge >= 0.3 is 18.1 Å². The summed E-state index contributed by atoms with van der Waals surface area (Å²) in [4.78, 5) is 29.2. The molecule has 1 aliphatic rings. The highest BCUT2D eigenvalue weighted by Gasteiger charge is 2.38. The first kappa shape index (κ1) is 30.2. The van der Waals surface area contributed by atoms with Gasteiger partial charge in [0, 0.05) is 31.9 Å². The number of para-hydroxylation sites is 1. The molecule has 0 aliphatic carbocycles. The van der Waals surface area contributed by atoms with Gasteiger partial charge in [0.1, 0.15) is 5.82 Å². The number of rotatable bonds is 5. The summed E-state index contributed by atoms with van der Waals surface area (Å²) >= 11 is 6.37. The van der Waals surface area contributed by atoms with E-state index in [0.717, 1.165) is 48.1 Å². The maximum absolute atomic E-state index is 13.2. The lowest BCUT2D eigenvalue weighted by Gasteiger charge is -2.38. The number of carboxylic acid groups (broad SMARTS) is 2. The van der Waals surface area contributed by atoms with Crippen LogP contribution in [0, 0.1) is 5.82 Å². The van der Waals surface area contributed by atoms with Crippen molar-refractivity contribution in [1.29, 1.82) is 0 Å². The van der Waals surface area contributed by atoms with Gasteiger partial charge in [0.2, 0.25) is 0 Å². The first-order chi connectivity index (χ1) is 18.9. The lowest BCUT2D eigenvalue weighted by atomic mass is 10.2. The minimum absolute atomic E-state index is 0.221. The van der Waals surface area contributed by atoms with Gasteiger partial charge in [0.05, 0.1) is 22.8 Å². The van der Waals surface area contributed by atoms with Crippen LogP contribution in [0.25, 0.3) is 0 Å². The van der Waals surface area contributed by atoms with Crippen molar-refractivity contribution in [1.82, 2.24) is 4.90 Å². The van der Waals surface area contributed by atoms with Crippen LogP contribution >= 0.6 is 11.6 Å². The Morgan fingerprint density at radius 1 is 0.900 bits per heavy atom. The molecule has 0 unspecified atom stereocenters. The molecule has 3 aromatic rings. The molecule has 212 valence electrons. The average Bonchev–Trinajstić information content (AvgIpc) is 2.92. The maximum atomic E-state index is 13.2. The molecule has 0 saturated carbocycles. The summed E-state index contributed by atoms with van der Waals surface area (Å²) in [6, 6.07) is 20.6. The SMILES string of the molecule is O=C(O)C(F)(F)F.O=C(O)c1ccc(NC(=NCc2ccc(F)cc2)N2CCN(c3ccccc3Cl)CC2)cc1. The standard InChI is InChI=1S/C25H24ClFN4O2.C2HF3O2/c26-22-3-1-2-4-23(22)30-13-15-31(16-14-30)25(28-17-18-5-9-20(27)10-6-18)29-21-11-7-19(8-12-21)24(32)33;3-2(4,5)1(6)7/h1-12H,13-17H2,(H,28,29)(H,32,33);(H,6,7). The molecule has 4 rings (SSSR count). The topological polar surface area (TPSA) is 105 Å². The second-order valence-corrected chi connectivity index (χ2v) is 8.91. The third-order valence-electron chi connectivity index (χ3n) is 5.73. The minimum atomic E-state index is -5.08. The summed E-state index contributed by atoms with van der Waals surface area (Å²) < 4.78 is 45.0. The van der Waals surface area contributed by atoms with E-state index in [4.69, 9.17) is 31.6 Å². The van der Waals surface area contributed by atoms with Gasteiger partial charge in [0.25, 0.3) is 0 Å². The summed E-state index contributed by atoms with van der Waals surface area (Å²) in [7, 11) is 0. The molecule has 0 aromatic heterocycles. The fourth-order valence-electron chi connectivity index (χ4n) is 3.67. The lowest BCUT2D eigenvalue weighted by molar-refractivity contribution is -0.192. The Hall–Kier alpha value is -4.32. The van der Waals surface area contributed by atoms with Crippen molar-refractivity contribution < 1.29 is 37.4 Å². The monoisotopic (exact) mass is 580 g/mol. The number of piperazine rings is 1. The van der Waals surface area contributed by atoms with E-state index in [-0.39, 0.29) is 11.4 Å². The Labute approximate surface area is 232 Å². The molecule has 0 spiro atoms. The van der Waals surface area contributed by atoms with E-state index in [1.54, 1.807) is 36.4 Å². The molecule has 40 heavy (non-hydrogen) atoms. The highest BCUT2D eigenvalue weighted by atomic mass is 35.5. The third-order valence-corrected chi connectivity index (χ3v) is 6.05. The van der Waals surface area contributed by atoms with Gasteiger partial charge < -0.3 is 25.3 Å². The van der Waals surface area contributed by atoms with Crippen LogP contribution < -0.4 is 10.2 Å². The van der Waals surface area contributed by atoms with Crippen molar-refractivity contribution in [3.05, 3.63) is 94.8 Å². The number of carbonyl (C=O) groups is 2. The molecule has 8 nitrogen and oxygen atoms in total. The highest BCUT2D eigenvalue weighted by Crippen LogP contribution is 2.26. The zero-order chi connectivity index (χ0) is 29.3. The number of guanidine groups is 1. The van der Waals surface area contributed by atoms with Crippen molar-refractivity contribution in [2.75, 3.05) is 36.4 Å². The predicted molar refractivity (Wildman–Crippen MR) is 143 cm³/mol. The molecule has 1 fully saturated rings. The second kappa shape index (κ2) is 13.7. The first-order valence-corrected chi connectivity index (χ1v) is 12.3. The number of aliphatic carboxylic acids is 1. The van der Waals surface area contributed by atoms with E-state index in [1.165, 1.54) is 12.1 Å². The van der Waals surface area contributed by atoms with E-state index < -0.39 is 18.1 Å². The molecule has 3 aromatic carbocycles. The van der Waals surface area contributed by atoms with Gasteiger partial charge in [-0.2, -0.15) is 13.2 Å². The fraction of sp³-hybridized carbons (Fsp3) is 0.222. The number of aromatic carboxylic acids is 1. The van der Waals surface area contributed by atoms with Gasteiger partial charge in [0.15, 0.2) is 5.96 Å². The molecule has 0 bridgehead atoms. The van der Waals surface area contributed by atoms with Crippen LogP contribution in [0.5, 0.6) is 0 Å². The Bertz CT molecular complexity index is 1330. The quantitative estimate of drug-likeness (QED) is 0.205. The van der Waals surface area contributed by atoms with Gasteiger partial charge in [-0.3, -0.25) is 0 Å². The molecular weight excluding hydrogens is 556 g/mol. The van der Waals surface area contributed by atoms with Crippen molar-refractivity contribution >= 4 is 40.9 Å². The Kier molecular flexibility index (Phi) is 10.3. The molecule has 1 aliphatic heterocycles. The van der Waals surface area contributed by atoms with Gasteiger partial charge in [-0.1, -0.05) is 35.9 Å². The van der Waals surface area contributed by atoms with Crippen LogP contribution in [-0.4, -0.2) is 65.4 Å². The summed E-state index contributed by atoms with van der Waals surface area (Å²) in [6.45, 7) is 3.40. The van der Waals surface area contributed by atoms with Crippen molar-refractivity contribution in [3.63, 3.8) is 0 Å². The van der Waals surface area contributed by atoms with Crippen LogP contribution in [0.1, 0.15) is 15.9 Å². The number of anilines is 2. The summed E-state index contributed by atoms with van der Waals surface area (Å²) in [5.41, 5.74) is 2.87. The third kappa shape index (κ3) is 8.87. The number of nitrogens with one attached hydrogen (secondary N) is 1. The van der Waals surface area contributed by atoms with Crippen LogP contribution in [0.3, 0.4) is 0 Å². The highest BCUT2D eigenvalue weighted by molar-refractivity contribution is 6.33. The summed E-state index contributed by atoms with van der Waals surface area (Å²) in [6.07, 6.45) is -5.08.